The van der Waals surface area contributed by atoms with Crippen molar-refractivity contribution in [1.82, 2.24) is 0 Å². The van der Waals surface area contributed by atoms with Crippen LogP contribution in [0.3, 0.4) is 0 Å². The average molecular weight is 148 g/mol. The molecule has 60 valence electrons. The number of hydrogen-bond donors (Lipinski definition) is 0. The lowest BCUT2D eigenvalue weighted by Crippen LogP contribution is -2.36. The first-order valence-corrected chi connectivity index (χ1v) is 3.59. The second kappa shape index (κ2) is 3.30. The van der Waals surface area contributed by atoms with Crippen LogP contribution in [0.4, 0.5) is 4.39 Å². The molecule has 2 nitrogen and oxygen atoms in total. The molecule has 0 N–H and O–H groups in total. The summed E-state index contributed by atoms with van der Waals surface area (Å²) in [5.41, 5.74) is 0. The summed E-state index contributed by atoms with van der Waals surface area (Å²) in [7, 11) is 0. The summed E-state index contributed by atoms with van der Waals surface area (Å²) in [5.74, 6) is 0. The van der Waals surface area contributed by atoms with E-state index in [0.717, 1.165) is 0 Å². The quantitative estimate of drug-likeness (QED) is 0.561. The summed E-state index contributed by atoms with van der Waals surface area (Å²) in [4.78, 5) is 0. The Kier molecular flexibility index (Phi) is 2.63. The molecule has 0 aliphatic carbocycles. The molecular formula is C7H13FO2. The lowest BCUT2D eigenvalue weighted by Gasteiger charge is -2.30. The Balaban J connectivity index is 2.35. The molecule has 1 fully saturated rings. The smallest absolute Gasteiger partial charge is 0.155 e. The first-order valence-electron chi connectivity index (χ1n) is 3.59. The van der Waals surface area contributed by atoms with Gasteiger partial charge in [-0.1, -0.05) is 0 Å². The summed E-state index contributed by atoms with van der Waals surface area (Å²) in [5, 5.41) is 0. The van der Waals surface area contributed by atoms with Gasteiger partial charge in [0.25, 0.3) is 0 Å². The van der Waals surface area contributed by atoms with Crippen LogP contribution in [0.5, 0.6) is 0 Å². The van der Waals surface area contributed by atoms with Gasteiger partial charge >= 0.3 is 0 Å². The van der Waals surface area contributed by atoms with Crippen LogP contribution in [-0.2, 0) is 9.47 Å². The summed E-state index contributed by atoms with van der Waals surface area (Å²) in [6.45, 7) is 3.32. The summed E-state index contributed by atoms with van der Waals surface area (Å²) >= 11 is 0. The minimum Gasteiger partial charge on any atom is -0.350 e. The number of halogens is 1. The van der Waals surface area contributed by atoms with E-state index in [2.05, 4.69) is 0 Å². The molecule has 0 aromatic carbocycles. The molecule has 1 heterocycles. The van der Waals surface area contributed by atoms with Crippen LogP contribution in [0.25, 0.3) is 0 Å². The van der Waals surface area contributed by atoms with Crippen LogP contribution >= 0.6 is 0 Å². The summed E-state index contributed by atoms with van der Waals surface area (Å²) in [6.07, 6.45) is 0.300. The maximum Gasteiger partial charge on any atom is 0.155 e. The van der Waals surface area contributed by atoms with Gasteiger partial charge in [-0.3, -0.25) is 0 Å². The molecule has 10 heavy (non-hydrogen) atoms. The fourth-order valence-corrected chi connectivity index (χ4v) is 1.21. The Morgan fingerprint density at radius 3 is 2.60 bits per heavy atom. The SMILES string of the molecule is C[C@H]1O[C@@H](CF)C[C@H](C)O1. The molecule has 1 aliphatic heterocycles. The van der Waals surface area contributed by atoms with Crippen LogP contribution in [-0.4, -0.2) is 25.2 Å². The molecule has 0 amide bonds. The van der Waals surface area contributed by atoms with Crippen LogP contribution in [0.2, 0.25) is 0 Å². The molecule has 0 unspecified atom stereocenters. The molecule has 0 saturated carbocycles. The lowest BCUT2D eigenvalue weighted by molar-refractivity contribution is -0.231. The molecule has 0 spiro atoms. The Morgan fingerprint density at radius 2 is 2.10 bits per heavy atom. The zero-order valence-corrected chi connectivity index (χ0v) is 6.34. The first kappa shape index (κ1) is 7.95. The van der Waals surface area contributed by atoms with Crippen LogP contribution in [0.1, 0.15) is 20.3 Å². The zero-order valence-electron chi connectivity index (χ0n) is 6.34. The van der Waals surface area contributed by atoms with E-state index in [-0.39, 0.29) is 18.5 Å². The monoisotopic (exact) mass is 148 g/mol. The third-order valence-electron chi connectivity index (χ3n) is 1.57. The Hall–Kier alpha value is -0.150. The predicted molar refractivity (Wildman–Crippen MR) is 35.5 cm³/mol. The summed E-state index contributed by atoms with van der Waals surface area (Å²) < 4.78 is 22.4. The Morgan fingerprint density at radius 1 is 1.40 bits per heavy atom. The van der Waals surface area contributed by atoms with E-state index in [9.17, 15) is 4.39 Å². The molecular weight excluding hydrogens is 135 g/mol. The molecule has 3 atom stereocenters. The van der Waals surface area contributed by atoms with E-state index in [1.165, 1.54) is 0 Å². The van der Waals surface area contributed by atoms with Gasteiger partial charge in [-0.15, -0.1) is 0 Å². The van der Waals surface area contributed by atoms with Crippen LogP contribution < -0.4 is 0 Å². The van der Waals surface area contributed by atoms with Gasteiger partial charge in [0.15, 0.2) is 6.29 Å². The van der Waals surface area contributed by atoms with Gasteiger partial charge in [-0.05, 0) is 13.8 Å². The van der Waals surface area contributed by atoms with Gasteiger partial charge in [0, 0.05) is 6.42 Å². The fraction of sp³-hybridized carbons (Fsp3) is 1.00. The van der Waals surface area contributed by atoms with Crippen molar-refractivity contribution < 1.29 is 13.9 Å². The molecule has 0 aromatic heterocycles. The zero-order chi connectivity index (χ0) is 7.56. The lowest BCUT2D eigenvalue weighted by atomic mass is 10.2. The van der Waals surface area contributed by atoms with E-state index < -0.39 is 6.67 Å². The van der Waals surface area contributed by atoms with Gasteiger partial charge in [0.05, 0.1) is 12.2 Å². The second-order valence-corrected chi connectivity index (χ2v) is 2.66. The Bertz CT molecular complexity index is 97.8. The van der Waals surface area contributed by atoms with E-state index in [0.29, 0.717) is 6.42 Å². The minimum absolute atomic E-state index is 0.129. The highest BCUT2D eigenvalue weighted by Gasteiger charge is 2.24. The highest BCUT2D eigenvalue weighted by Crippen LogP contribution is 2.17. The highest BCUT2D eigenvalue weighted by atomic mass is 19.1. The molecule has 0 bridgehead atoms. The maximum absolute atomic E-state index is 12.0. The van der Waals surface area contributed by atoms with Crippen LogP contribution in [0.15, 0.2) is 0 Å². The third kappa shape index (κ3) is 1.92. The van der Waals surface area contributed by atoms with E-state index in [4.69, 9.17) is 9.47 Å². The van der Waals surface area contributed by atoms with Crippen molar-refractivity contribution in [3.05, 3.63) is 0 Å². The van der Waals surface area contributed by atoms with Gasteiger partial charge in [0.1, 0.15) is 6.67 Å². The predicted octanol–water partition coefficient (Wildman–Crippen LogP) is 1.50. The van der Waals surface area contributed by atoms with Gasteiger partial charge in [-0.2, -0.15) is 0 Å². The van der Waals surface area contributed by atoms with Crippen molar-refractivity contribution in [3.63, 3.8) is 0 Å². The number of alkyl halides is 1. The molecule has 1 saturated heterocycles. The number of ether oxygens (including phenoxy) is 2. The van der Waals surface area contributed by atoms with Gasteiger partial charge in [-0.25, -0.2) is 4.39 Å². The fourth-order valence-electron chi connectivity index (χ4n) is 1.21. The molecule has 0 aromatic rings. The minimum atomic E-state index is -0.405. The van der Waals surface area contributed by atoms with Gasteiger partial charge in [0.2, 0.25) is 0 Å². The van der Waals surface area contributed by atoms with Crippen molar-refractivity contribution in [2.75, 3.05) is 6.67 Å². The van der Waals surface area contributed by atoms with E-state index in [1.807, 2.05) is 6.92 Å². The van der Waals surface area contributed by atoms with Crippen LogP contribution in [0, 0.1) is 0 Å². The van der Waals surface area contributed by atoms with Crippen molar-refractivity contribution in [1.29, 1.82) is 0 Å². The Labute approximate surface area is 60.3 Å². The van der Waals surface area contributed by atoms with Crippen molar-refractivity contribution in [2.45, 2.75) is 38.8 Å². The normalized spacial score (nSPS) is 41.7. The van der Waals surface area contributed by atoms with Gasteiger partial charge < -0.3 is 9.47 Å². The molecule has 0 radical (unpaired) electrons. The van der Waals surface area contributed by atoms with E-state index >= 15 is 0 Å². The number of rotatable bonds is 1. The number of hydrogen-bond acceptors (Lipinski definition) is 2. The van der Waals surface area contributed by atoms with Crippen molar-refractivity contribution >= 4 is 0 Å². The van der Waals surface area contributed by atoms with Crippen molar-refractivity contribution in [2.24, 2.45) is 0 Å². The van der Waals surface area contributed by atoms with E-state index in [1.54, 1.807) is 6.92 Å². The standard InChI is InChI=1S/C7H13FO2/c1-5-3-7(4-8)10-6(2)9-5/h5-7H,3-4H2,1-2H3/t5-,6+,7+/m0/s1. The topological polar surface area (TPSA) is 18.5 Å². The largest absolute Gasteiger partial charge is 0.350 e. The summed E-state index contributed by atoms with van der Waals surface area (Å²) in [6, 6.07) is 0. The molecule has 3 heteroatoms. The third-order valence-corrected chi connectivity index (χ3v) is 1.57. The van der Waals surface area contributed by atoms with Crippen molar-refractivity contribution in [3.8, 4) is 0 Å². The highest BCUT2D eigenvalue weighted by molar-refractivity contribution is 4.66. The first-order chi connectivity index (χ1) is 4.72. The second-order valence-electron chi connectivity index (χ2n) is 2.66. The average Bonchev–Trinajstić information content (AvgIpc) is 1.85. The molecule has 1 rings (SSSR count). The molecule has 1 aliphatic rings. The maximum atomic E-state index is 12.0.